The highest BCUT2D eigenvalue weighted by Crippen LogP contribution is 2.41. The SMILES string of the molecule is CC1CCC(NC(=O)c2cccc(Br)c2)(C(=O)O)c2ccccc21. The van der Waals surface area contributed by atoms with Crippen molar-refractivity contribution in [2.45, 2.75) is 31.2 Å². The predicted octanol–water partition coefficient (Wildman–Crippen LogP) is 4.06. The molecule has 0 aliphatic heterocycles. The summed E-state index contributed by atoms with van der Waals surface area (Å²) in [5, 5.41) is 12.7. The van der Waals surface area contributed by atoms with Crippen LogP contribution in [-0.2, 0) is 10.3 Å². The molecule has 0 saturated carbocycles. The molecule has 24 heavy (non-hydrogen) atoms. The number of carboxylic acids is 1. The van der Waals surface area contributed by atoms with Crippen LogP contribution in [0.4, 0.5) is 0 Å². The van der Waals surface area contributed by atoms with Gasteiger partial charge in [-0.05, 0) is 48.1 Å². The maximum absolute atomic E-state index is 12.7. The molecular weight excluding hydrogens is 370 g/mol. The fourth-order valence-corrected chi connectivity index (χ4v) is 3.74. The molecule has 2 aromatic rings. The van der Waals surface area contributed by atoms with Gasteiger partial charge in [-0.3, -0.25) is 4.79 Å². The number of rotatable bonds is 3. The van der Waals surface area contributed by atoms with E-state index in [1.165, 1.54) is 0 Å². The van der Waals surface area contributed by atoms with Gasteiger partial charge in [0, 0.05) is 10.0 Å². The third kappa shape index (κ3) is 2.84. The molecule has 1 aliphatic carbocycles. The van der Waals surface area contributed by atoms with Crippen LogP contribution in [0.2, 0.25) is 0 Å². The molecule has 0 fully saturated rings. The van der Waals surface area contributed by atoms with Crippen LogP contribution in [0.25, 0.3) is 0 Å². The number of carbonyl (C=O) groups is 2. The molecule has 0 heterocycles. The lowest BCUT2D eigenvalue weighted by molar-refractivity contribution is -0.145. The Morgan fingerprint density at radius 2 is 1.96 bits per heavy atom. The van der Waals surface area contributed by atoms with Crippen LogP contribution < -0.4 is 5.32 Å². The molecule has 1 amide bonds. The summed E-state index contributed by atoms with van der Waals surface area (Å²) in [6.45, 7) is 2.08. The van der Waals surface area contributed by atoms with Crippen molar-refractivity contribution in [3.8, 4) is 0 Å². The average molecular weight is 388 g/mol. The Bertz CT molecular complexity index is 805. The molecule has 2 atom stereocenters. The zero-order chi connectivity index (χ0) is 17.3. The van der Waals surface area contributed by atoms with Crippen LogP contribution in [0.5, 0.6) is 0 Å². The monoisotopic (exact) mass is 387 g/mol. The van der Waals surface area contributed by atoms with E-state index in [0.29, 0.717) is 24.0 Å². The van der Waals surface area contributed by atoms with Gasteiger partial charge >= 0.3 is 5.97 Å². The summed E-state index contributed by atoms with van der Waals surface area (Å²) in [6.07, 6.45) is 1.09. The number of aliphatic carboxylic acids is 1. The van der Waals surface area contributed by atoms with Gasteiger partial charge < -0.3 is 10.4 Å². The Balaban J connectivity index is 2.03. The van der Waals surface area contributed by atoms with E-state index in [-0.39, 0.29) is 11.8 Å². The minimum Gasteiger partial charge on any atom is -0.479 e. The number of hydrogen-bond acceptors (Lipinski definition) is 2. The molecule has 2 N–H and O–H groups in total. The van der Waals surface area contributed by atoms with E-state index in [2.05, 4.69) is 28.2 Å². The number of carboxylic acid groups (broad SMARTS) is 1. The Hall–Kier alpha value is -2.14. The second kappa shape index (κ2) is 6.40. The number of nitrogens with one attached hydrogen (secondary N) is 1. The van der Waals surface area contributed by atoms with E-state index >= 15 is 0 Å². The van der Waals surface area contributed by atoms with Crippen molar-refractivity contribution in [3.05, 3.63) is 69.7 Å². The molecule has 124 valence electrons. The van der Waals surface area contributed by atoms with Crippen LogP contribution in [0.15, 0.2) is 53.0 Å². The van der Waals surface area contributed by atoms with Crippen molar-refractivity contribution in [2.24, 2.45) is 0 Å². The third-order valence-electron chi connectivity index (χ3n) is 4.68. The molecule has 1 aliphatic rings. The Morgan fingerprint density at radius 3 is 2.67 bits per heavy atom. The maximum atomic E-state index is 12.7. The van der Waals surface area contributed by atoms with E-state index in [4.69, 9.17) is 0 Å². The topological polar surface area (TPSA) is 66.4 Å². The number of benzene rings is 2. The van der Waals surface area contributed by atoms with Crippen molar-refractivity contribution >= 4 is 27.8 Å². The summed E-state index contributed by atoms with van der Waals surface area (Å²) >= 11 is 3.34. The highest BCUT2D eigenvalue weighted by Gasteiger charge is 2.46. The molecule has 0 bridgehead atoms. The zero-order valence-electron chi connectivity index (χ0n) is 13.3. The van der Waals surface area contributed by atoms with Crippen molar-refractivity contribution in [3.63, 3.8) is 0 Å². The van der Waals surface area contributed by atoms with Crippen molar-refractivity contribution in [1.29, 1.82) is 0 Å². The predicted molar refractivity (Wildman–Crippen MR) is 95.0 cm³/mol. The van der Waals surface area contributed by atoms with Gasteiger partial charge in [-0.1, -0.05) is 53.2 Å². The first-order valence-corrected chi connectivity index (χ1v) is 8.64. The van der Waals surface area contributed by atoms with Gasteiger partial charge in [-0.15, -0.1) is 0 Å². The summed E-state index contributed by atoms with van der Waals surface area (Å²) in [7, 11) is 0. The first kappa shape index (κ1) is 16.7. The smallest absolute Gasteiger partial charge is 0.334 e. The lowest BCUT2D eigenvalue weighted by Gasteiger charge is -2.38. The van der Waals surface area contributed by atoms with Gasteiger partial charge in [0.05, 0.1) is 0 Å². The van der Waals surface area contributed by atoms with Crippen molar-refractivity contribution in [2.75, 3.05) is 0 Å². The summed E-state index contributed by atoms with van der Waals surface area (Å²) < 4.78 is 0.775. The highest BCUT2D eigenvalue weighted by atomic mass is 79.9. The number of fused-ring (bicyclic) bond motifs is 1. The minimum atomic E-state index is -1.39. The normalized spacial score (nSPS) is 22.5. The summed E-state index contributed by atoms with van der Waals surface area (Å²) in [5.74, 6) is -1.13. The van der Waals surface area contributed by atoms with Gasteiger partial charge in [0.15, 0.2) is 5.54 Å². The lowest BCUT2D eigenvalue weighted by atomic mass is 9.72. The molecule has 3 rings (SSSR count). The quantitative estimate of drug-likeness (QED) is 0.834. The Labute approximate surface area is 149 Å². The second-order valence-corrected chi connectivity index (χ2v) is 7.12. The number of amides is 1. The number of carbonyl (C=O) groups excluding carboxylic acids is 1. The fourth-order valence-electron chi connectivity index (χ4n) is 3.34. The minimum absolute atomic E-state index is 0.274. The van der Waals surface area contributed by atoms with Gasteiger partial charge in [0.1, 0.15) is 0 Å². The van der Waals surface area contributed by atoms with Crippen LogP contribution in [0.1, 0.15) is 47.2 Å². The fraction of sp³-hybridized carbons (Fsp3) is 0.263. The Morgan fingerprint density at radius 1 is 1.21 bits per heavy atom. The largest absolute Gasteiger partial charge is 0.479 e. The van der Waals surface area contributed by atoms with E-state index in [9.17, 15) is 14.7 Å². The van der Waals surface area contributed by atoms with Crippen molar-refractivity contribution < 1.29 is 14.7 Å². The van der Waals surface area contributed by atoms with Crippen LogP contribution in [0, 0.1) is 0 Å². The van der Waals surface area contributed by atoms with E-state index in [0.717, 1.165) is 10.0 Å². The van der Waals surface area contributed by atoms with Crippen molar-refractivity contribution in [1.82, 2.24) is 5.32 Å². The standard InChI is InChI=1S/C19H18BrNO3/c1-12-9-10-19(18(23)24,16-8-3-2-7-15(12)16)21-17(22)13-5-4-6-14(20)11-13/h2-8,11-12H,9-10H2,1H3,(H,21,22)(H,23,24). The van der Waals surface area contributed by atoms with Gasteiger partial charge in [-0.2, -0.15) is 0 Å². The number of halogens is 1. The average Bonchev–Trinajstić information content (AvgIpc) is 2.57. The first-order valence-electron chi connectivity index (χ1n) is 7.85. The number of hydrogen-bond donors (Lipinski definition) is 2. The molecule has 0 spiro atoms. The van der Waals surface area contributed by atoms with Crippen LogP contribution in [0.3, 0.4) is 0 Å². The highest BCUT2D eigenvalue weighted by molar-refractivity contribution is 9.10. The molecule has 2 unspecified atom stereocenters. The summed E-state index contributed by atoms with van der Waals surface area (Å²) in [5.41, 5.74) is 0.712. The molecule has 5 heteroatoms. The summed E-state index contributed by atoms with van der Waals surface area (Å²) in [6, 6.07) is 14.4. The van der Waals surface area contributed by atoms with E-state index in [1.807, 2.05) is 24.3 Å². The van der Waals surface area contributed by atoms with Gasteiger partial charge in [-0.25, -0.2) is 4.79 Å². The van der Waals surface area contributed by atoms with E-state index < -0.39 is 11.5 Å². The molecule has 0 aromatic heterocycles. The molecule has 4 nitrogen and oxygen atoms in total. The molecule has 2 aromatic carbocycles. The summed E-state index contributed by atoms with van der Waals surface area (Å²) in [4.78, 5) is 24.8. The second-order valence-electron chi connectivity index (χ2n) is 6.20. The van der Waals surface area contributed by atoms with Gasteiger partial charge in [0.2, 0.25) is 0 Å². The lowest BCUT2D eigenvalue weighted by Crippen LogP contribution is -2.54. The van der Waals surface area contributed by atoms with Crippen LogP contribution >= 0.6 is 15.9 Å². The first-order chi connectivity index (χ1) is 11.4. The zero-order valence-corrected chi connectivity index (χ0v) is 14.8. The maximum Gasteiger partial charge on any atom is 0.334 e. The molecule has 0 radical (unpaired) electrons. The van der Waals surface area contributed by atoms with E-state index in [1.54, 1.807) is 24.3 Å². The van der Waals surface area contributed by atoms with Crippen LogP contribution in [-0.4, -0.2) is 17.0 Å². The third-order valence-corrected chi connectivity index (χ3v) is 5.18. The van der Waals surface area contributed by atoms with Gasteiger partial charge in [0.25, 0.3) is 5.91 Å². The molecular formula is C19H18BrNO3. The molecule has 0 saturated heterocycles. The Kier molecular flexibility index (Phi) is 4.45.